The van der Waals surface area contributed by atoms with Crippen LogP contribution in [0.4, 0.5) is 13.2 Å². The summed E-state index contributed by atoms with van der Waals surface area (Å²) in [6.07, 6.45) is -4.80. The molecule has 132 valence electrons. The quantitative estimate of drug-likeness (QED) is 0.754. The van der Waals surface area contributed by atoms with Crippen LogP contribution in [0.3, 0.4) is 0 Å². The van der Waals surface area contributed by atoms with E-state index in [1.165, 1.54) is 19.1 Å². The fraction of sp³-hybridized carbons (Fsp3) is 0.188. The first-order chi connectivity index (χ1) is 11.7. The van der Waals surface area contributed by atoms with Gasteiger partial charge in [0.2, 0.25) is 15.0 Å². The molecular formula is C16H13F3N2O3S. The molecule has 1 aromatic heterocycles. The lowest BCUT2D eigenvalue weighted by Crippen LogP contribution is -2.17. The molecule has 0 saturated carbocycles. The van der Waals surface area contributed by atoms with E-state index in [0.717, 1.165) is 12.1 Å². The zero-order chi connectivity index (χ0) is 18.2. The van der Waals surface area contributed by atoms with Crippen LogP contribution in [0.15, 0.2) is 53.7 Å². The molecular weight excluding hydrogens is 357 g/mol. The average Bonchev–Trinajstić information content (AvgIpc) is 2.98. The second-order valence-corrected chi connectivity index (χ2v) is 7.55. The van der Waals surface area contributed by atoms with Crippen LogP contribution in [0.25, 0.3) is 11.0 Å². The molecule has 2 aromatic carbocycles. The highest BCUT2D eigenvalue weighted by molar-refractivity contribution is 7.91. The summed E-state index contributed by atoms with van der Waals surface area (Å²) in [5, 5.41) is -1.18. The average molecular weight is 370 g/mol. The Kier molecular flexibility index (Phi) is 4.19. The number of nitrogens with zero attached hydrogens (tertiary/aromatic N) is 1. The Labute approximate surface area is 141 Å². The molecule has 0 bridgehead atoms. The van der Waals surface area contributed by atoms with E-state index in [1.807, 2.05) is 0 Å². The second-order valence-electron chi connectivity index (χ2n) is 5.36. The predicted octanol–water partition coefficient (Wildman–Crippen LogP) is 4.00. The second kappa shape index (κ2) is 6.07. The summed E-state index contributed by atoms with van der Waals surface area (Å²) in [6.45, 7) is 1.45. The van der Waals surface area contributed by atoms with Crippen molar-refractivity contribution in [1.82, 2.24) is 9.97 Å². The van der Waals surface area contributed by atoms with Crippen LogP contribution in [-0.2, 0) is 9.84 Å². The van der Waals surface area contributed by atoms with Gasteiger partial charge in [0.1, 0.15) is 5.75 Å². The number of rotatable bonds is 4. The maximum Gasteiger partial charge on any atom is 0.573 e. The number of halogens is 3. The van der Waals surface area contributed by atoms with Gasteiger partial charge < -0.3 is 9.72 Å². The standard InChI is InChI=1S/C16H13F3N2O3S/c1-10(11-6-8-12(9-7-11)24-16(17,18)19)25(22,23)15-20-13-4-2-3-5-14(13)21-15/h2-10H,1H3,(H,20,21). The van der Waals surface area contributed by atoms with E-state index in [-0.39, 0.29) is 5.16 Å². The van der Waals surface area contributed by atoms with Gasteiger partial charge in [-0.15, -0.1) is 13.2 Å². The molecule has 0 amide bonds. The van der Waals surface area contributed by atoms with Gasteiger partial charge in [-0.05, 0) is 36.8 Å². The Hall–Kier alpha value is -2.55. The van der Waals surface area contributed by atoms with Crippen molar-refractivity contribution in [3.63, 3.8) is 0 Å². The number of imidazole rings is 1. The van der Waals surface area contributed by atoms with Gasteiger partial charge in [-0.3, -0.25) is 0 Å². The van der Waals surface area contributed by atoms with Gasteiger partial charge in [-0.25, -0.2) is 13.4 Å². The largest absolute Gasteiger partial charge is 0.573 e. The summed E-state index contributed by atoms with van der Waals surface area (Å²) in [5.41, 5.74) is 1.43. The lowest BCUT2D eigenvalue weighted by molar-refractivity contribution is -0.274. The molecule has 1 N–H and O–H groups in total. The number of alkyl halides is 3. The number of para-hydroxylation sites is 2. The summed E-state index contributed by atoms with van der Waals surface area (Å²) in [6, 6.07) is 11.6. The minimum Gasteiger partial charge on any atom is -0.406 e. The van der Waals surface area contributed by atoms with Gasteiger partial charge in [0.05, 0.1) is 16.3 Å². The third kappa shape index (κ3) is 3.60. The fourth-order valence-electron chi connectivity index (χ4n) is 2.35. The van der Waals surface area contributed by atoms with Gasteiger partial charge in [0.15, 0.2) is 0 Å². The first kappa shape index (κ1) is 17.3. The van der Waals surface area contributed by atoms with Crippen LogP contribution in [-0.4, -0.2) is 24.7 Å². The van der Waals surface area contributed by atoms with E-state index in [4.69, 9.17) is 0 Å². The van der Waals surface area contributed by atoms with Crippen molar-refractivity contribution in [2.24, 2.45) is 0 Å². The number of aromatic amines is 1. The van der Waals surface area contributed by atoms with Crippen molar-refractivity contribution in [3.8, 4) is 5.75 Å². The summed E-state index contributed by atoms with van der Waals surface area (Å²) in [5.74, 6) is -0.412. The SMILES string of the molecule is CC(c1ccc(OC(F)(F)F)cc1)S(=O)(=O)c1nc2ccccc2[nH]1. The number of fused-ring (bicyclic) bond motifs is 1. The molecule has 3 aromatic rings. The van der Waals surface area contributed by atoms with E-state index in [0.29, 0.717) is 16.6 Å². The summed E-state index contributed by atoms with van der Waals surface area (Å²) in [7, 11) is -3.83. The molecule has 0 fully saturated rings. The van der Waals surface area contributed by atoms with Gasteiger partial charge in [0.25, 0.3) is 0 Å². The molecule has 1 heterocycles. The topological polar surface area (TPSA) is 72.1 Å². The van der Waals surface area contributed by atoms with E-state index in [1.54, 1.807) is 24.3 Å². The van der Waals surface area contributed by atoms with Gasteiger partial charge in [-0.1, -0.05) is 24.3 Å². The maximum absolute atomic E-state index is 12.7. The molecule has 0 aliphatic carbocycles. The molecule has 0 saturated heterocycles. The number of ether oxygens (including phenoxy) is 1. The van der Waals surface area contributed by atoms with Crippen molar-refractivity contribution in [3.05, 3.63) is 54.1 Å². The Bertz CT molecular complexity index is 962. The summed E-state index contributed by atoms with van der Waals surface area (Å²) >= 11 is 0. The molecule has 25 heavy (non-hydrogen) atoms. The highest BCUT2D eigenvalue weighted by Crippen LogP contribution is 2.30. The van der Waals surface area contributed by atoms with Crippen LogP contribution in [0.5, 0.6) is 5.75 Å². The van der Waals surface area contributed by atoms with Gasteiger partial charge in [-0.2, -0.15) is 0 Å². The molecule has 9 heteroatoms. The van der Waals surface area contributed by atoms with E-state index < -0.39 is 27.2 Å². The lowest BCUT2D eigenvalue weighted by atomic mass is 10.2. The highest BCUT2D eigenvalue weighted by atomic mass is 32.2. The zero-order valence-corrected chi connectivity index (χ0v) is 13.7. The van der Waals surface area contributed by atoms with E-state index in [9.17, 15) is 21.6 Å². The van der Waals surface area contributed by atoms with Crippen molar-refractivity contribution < 1.29 is 26.3 Å². The van der Waals surface area contributed by atoms with Gasteiger partial charge in [0, 0.05) is 0 Å². The Morgan fingerprint density at radius 2 is 1.72 bits per heavy atom. The number of H-pyrrole nitrogens is 1. The van der Waals surface area contributed by atoms with Crippen molar-refractivity contribution in [2.45, 2.75) is 23.7 Å². The molecule has 0 aliphatic heterocycles. The summed E-state index contributed by atoms with van der Waals surface area (Å²) < 4.78 is 65.7. The number of hydrogen-bond donors (Lipinski definition) is 1. The minimum atomic E-state index is -4.80. The fourth-order valence-corrected chi connectivity index (χ4v) is 3.68. The molecule has 0 radical (unpaired) electrons. The Balaban J connectivity index is 1.89. The van der Waals surface area contributed by atoms with Crippen LogP contribution in [0.2, 0.25) is 0 Å². The smallest absolute Gasteiger partial charge is 0.406 e. The molecule has 0 aliphatic rings. The van der Waals surface area contributed by atoms with Crippen LogP contribution in [0, 0.1) is 0 Å². The highest BCUT2D eigenvalue weighted by Gasteiger charge is 2.32. The number of aromatic nitrogens is 2. The van der Waals surface area contributed by atoms with Crippen molar-refractivity contribution in [1.29, 1.82) is 0 Å². The minimum absolute atomic E-state index is 0.184. The summed E-state index contributed by atoms with van der Waals surface area (Å²) in [4.78, 5) is 6.84. The normalized spacial score (nSPS) is 13.8. The molecule has 1 atom stereocenters. The first-order valence-corrected chi connectivity index (χ1v) is 8.76. The van der Waals surface area contributed by atoms with E-state index in [2.05, 4.69) is 14.7 Å². The molecule has 3 rings (SSSR count). The van der Waals surface area contributed by atoms with Crippen LogP contribution in [0.1, 0.15) is 17.7 Å². The monoisotopic (exact) mass is 370 g/mol. The third-order valence-corrected chi connectivity index (χ3v) is 5.62. The lowest BCUT2D eigenvalue weighted by Gasteiger charge is -2.13. The van der Waals surface area contributed by atoms with Crippen LogP contribution < -0.4 is 4.74 Å². The van der Waals surface area contributed by atoms with E-state index >= 15 is 0 Å². The first-order valence-electron chi connectivity index (χ1n) is 7.21. The number of nitrogens with one attached hydrogen (secondary N) is 1. The Morgan fingerprint density at radius 1 is 1.08 bits per heavy atom. The number of sulfone groups is 1. The third-order valence-electron chi connectivity index (χ3n) is 3.69. The van der Waals surface area contributed by atoms with Crippen molar-refractivity contribution in [2.75, 3.05) is 0 Å². The van der Waals surface area contributed by atoms with Gasteiger partial charge >= 0.3 is 6.36 Å². The number of benzene rings is 2. The van der Waals surface area contributed by atoms with Crippen LogP contribution >= 0.6 is 0 Å². The maximum atomic E-state index is 12.7. The molecule has 5 nitrogen and oxygen atoms in total. The predicted molar refractivity (Wildman–Crippen MR) is 84.8 cm³/mol. The molecule has 0 spiro atoms. The molecule has 1 unspecified atom stereocenters. The Morgan fingerprint density at radius 3 is 2.32 bits per heavy atom. The zero-order valence-electron chi connectivity index (χ0n) is 12.9. The van der Waals surface area contributed by atoms with Crippen molar-refractivity contribution >= 4 is 20.9 Å². The number of hydrogen-bond acceptors (Lipinski definition) is 4.